The van der Waals surface area contributed by atoms with E-state index in [0.717, 1.165) is 17.0 Å². The number of amides is 2. The van der Waals surface area contributed by atoms with Gasteiger partial charge in [-0.1, -0.05) is 19.6 Å². The molecule has 2 aromatic carbocycles. The smallest absolute Gasteiger partial charge is 0.265 e. The van der Waals surface area contributed by atoms with Crippen molar-refractivity contribution < 1.29 is 35.6 Å². The standard InChI is InChI=1S/C21H18FN3O7S2.CH4/c1-32-19-16-15(20(26)24(21(16)27)11-12-6-8-13(22)9-7-12)18(14-5-4-10-23-17(14)19)25(33(2,28)29)34(3,30)31;/h4-10H,11H2,1-3H3;1H4. The fraction of sp³-hybridized carbons (Fsp3) is 0.227. The van der Waals surface area contributed by atoms with E-state index in [1.165, 1.54) is 37.6 Å². The maximum absolute atomic E-state index is 13.5. The second kappa shape index (κ2) is 8.89. The first-order chi connectivity index (χ1) is 15.9. The van der Waals surface area contributed by atoms with E-state index < -0.39 is 48.9 Å². The van der Waals surface area contributed by atoms with Crippen LogP contribution in [0.4, 0.5) is 10.1 Å². The first-order valence-corrected chi connectivity index (χ1v) is 13.4. The average Bonchev–Trinajstić information content (AvgIpc) is 2.98. The topological polar surface area (TPSA) is 131 Å². The molecule has 1 aromatic heterocycles. The Kier molecular flexibility index (Phi) is 6.61. The second-order valence-corrected chi connectivity index (χ2v) is 11.5. The molecule has 0 N–H and O–H groups in total. The van der Waals surface area contributed by atoms with Crippen LogP contribution in [-0.4, -0.2) is 58.2 Å². The van der Waals surface area contributed by atoms with Crippen molar-refractivity contribution in [3.8, 4) is 5.75 Å². The Bertz CT molecular complexity index is 1540. The van der Waals surface area contributed by atoms with Crippen LogP contribution in [0.1, 0.15) is 33.7 Å². The summed E-state index contributed by atoms with van der Waals surface area (Å²) in [4.78, 5) is 31.9. The molecule has 0 radical (unpaired) electrons. The highest BCUT2D eigenvalue weighted by Crippen LogP contribution is 2.46. The highest BCUT2D eigenvalue weighted by Gasteiger charge is 2.46. The summed E-state index contributed by atoms with van der Waals surface area (Å²) in [7, 11) is -7.71. The molecule has 0 saturated carbocycles. The van der Waals surface area contributed by atoms with Gasteiger partial charge in [-0.3, -0.25) is 19.5 Å². The van der Waals surface area contributed by atoms with Gasteiger partial charge in [-0.25, -0.2) is 21.2 Å². The van der Waals surface area contributed by atoms with E-state index in [4.69, 9.17) is 4.74 Å². The van der Waals surface area contributed by atoms with Crippen molar-refractivity contribution in [2.75, 3.05) is 23.3 Å². The molecule has 13 heteroatoms. The van der Waals surface area contributed by atoms with E-state index in [1.807, 2.05) is 0 Å². The predicted octanol–water partition coefficient (Wildman–Crippen LogP) is 2.54. The molecular formula is C22H22FN3O7S2. The van der Waals surface area contributed by atoms with Gasteiger partial charge in [0.05, 0.1) is 43.0 Å². The molecule has 0 spiro atoms. The Morgan fingerprint density at radius 2 is 1.54 bits per heavy atom. The number of pyridine rings is 1. The van der Waals surface area contributed by atoms with Crippen molar-refractivity contribution in [1.82, 2.24) is 9.88 Å². The number of methoxy groups -OCH3 is 1. The number of ether oxygens (including phenoxy) is 1. The minimum Gasteiger partial charge on any atom is -0.494 e. The van der Waals surface area contributed by atoms with E-state index in [2.05, 4.69) is 4.98 Å². The quantitative estimate of drug-likeness (QED) is 0.451. The fourth-order valence-electron chi connectivity index (χ4n) is 3.92. The van der Waals surface area contributed by atoms with Crippen molar-refractivity contribution in [1.29, 1.82) is 0 Å². The number of imide groups is 1. The lowest BCUT2D eigenvalue weighted by atomic mass is 10.0. The van der Waals surface area contributed by atoms with E-state index in [0.29, 0.717) is 18.1 Å². The number of carbonyl (C=O) groups is 2. The molecule has 1 aliphatic rings. The third kappa shape index (κ3) is 4.32. The number of fused-ring (bicyclic) bond motifs is 2. The van der Waals surface area contributed by atoms with Crippen LogP contribution in [-0.2, 0) is 26.6 Å². The van der Waals surface area contributed by atoms with Crippen molar-refractivity contribution in [2.45, 2.75) is 14.0 Å². The predicted molar refractivity (Wildman–Crippen MR) is 128 cm³/mol. The SMILES string of the molecule is C.COc1c2c(c(N(S(C)(=O)=O)S(C)(=O)=O)c3cccnc13)C(=O)N(Cc1ccc(F)cc1)C2=O. The second-order valence-electron chi connectivity index (χ2n) is 7.58. The van der Waals surface area contributed by atoms with E-state index in [9.17, 15) is 30.8 Å². The number of hydrogen-bond acceptors (Lipinski definition) is 8. The number of hydrogen-bond donors (Lipinski definition) is 0. The molecule has 2 heterocycles. The molecule has 0 bridgehead atoms. The van der Waals surface area contributed by atoms with E-state index in [-0.39, 0.29) is 39.9 Å². The Morgan fingerprint density at radius 3 is 2.09 bits per heavy atom. The Hall–Kier alpha value is -3.58. The number of anilines is 1. The summed E-state index contributed by atoms with van der Waals surface area (Å²) in [5, 5.41) is -0.0151. The summed E-state index contributed by atoms with van der Waals surface area (Å²) in [6.45, 7) is -0.267. The molecule has 0 atom stereocenters. The molecule has 10 nitrogen and oxygen atoms in total. The molecular weight excluding hydrogens is 501 g/mol. The molecule has 3 aromatic rings. The van der Waals surface area contributed by atoms with Crippen LogP contribution >= 0.6 is 0 Å². The van der Waals surface area contributed by atoms with Gasteiger partial charge in [0.2, 0.25) is 20.0 Å². The minimum absolute atomic E-state index is 0. The van der Waals surface area contributed by atoms with Crippen LogP contribution in [0, 0.1) is 5.82 Å². The lowest BCUT2D eigenvalue weighted by Crippen LogP contribution is -2.37. The van der Waals surface area contributed by atoms with Crippen molar-refractivity contribution >= 4 is 48.5 Å². The largest absolute Gasteiger partial charge is 0.494 e. The van der Waals surface area contributed by atoms with Crippen molar-refractivity contribution in [3.05, 3.63) is 65.1 Å². The lowest BCUT2D eigenvalue weighted by molar-refractivity contribution is 0.0641. The molecule has 0 unspecified atom stereocenters. The number of halogens is 1. The molecule has 0 aliphatic carbocycles. The number of carbonyl (C=O) groups excluding carboxylic acids is 2. The van der Waals surface area contributed by atoms with Gasteiger partial charge in [0.25, 0.3) is 11.8 Å². The van der Waals surface area contributed by atoms with Gasteiger partial charge >= 0.3 is 0 Å². The summed E-state index contributed by atoms with van der Waals surface area (Å²) in [6, 6.07) is 7.89. The van der Waals surface area contributed by atoms with Gasteiger partial charge < -0.3 is 4.74 Å². The van der Waals surface area contributed by atoms with Gasteiger partial charge in [0.15, 0.2) is 5.75 Å². The Balaban J connectivity index is 0.00000342. The summed E-state index contributed by atoms with van der Waals surface area (Å²) < 4.78 is 69.3. The molecule has 1 aliphatic heterocycles. The number of sulfonamides is 2. The average molecular weight is 524 g/mol. The first kappa shape index (κ1) is 26.0. The Morgan fingerprint density at radius 1 is 0.971 bits per heavy atom. The van der Waals surface area contributed by atoms with Crippen LogP contribution in [0.2, 0.25) is 0 Å². The molecule has 2 amide bonds. The molecule has 0 fully saturated rings. The van der Waals surface area contributed by atoms with Crippen LogP contribution in [0.15, 0.2) is 42.6 Å². The molecule has 0 saturated heterocycles. The summed E-state index contributed by atoms with van der Waals surface area (Å²) in [5.74, 6) is -2.38. The zero-order valence-electron chi connectivity index (χ0n) is 18.1. The van der Waals surface area contributed by atoms with E-state index >= 15 is 0 Å². The van der Waals surface area contributed by atoms with Crippen LogP contribution in [0.5, 0.6) is 5.75 Å². The highest BCUT2D eigenvalue weighted by atomic mass is 32.3. The first-order valence-electron chi connectivity index (χ1n) is 9.66. The summed E-state index contributed by atoms with van der Waals surface area (Å²) in [5.41, 5.74) is -0.847. The van der Waals surface area contributed by atoms with Crippen molar-refractivity contribution in [3.63, 3.8) is 0 Å². The number of aromatic nitrogens is 1. The van der Waals surface area contributed by atoms with Gasteiger partial charge in [-0.15, -0.1) is 0 Å². The maximum Gasteiger partial charge on any atom is 0.265 e. The zero-order chi connectivity index (χ0) is 25.0. The number of nitrogens with zero attached hydrogens (tertiary/aromatic N) is 3. The zero-order valence-corrected chi connectivity index (χ0v) is 19.8. The van der Waals surface area contributed by atoms with E-state index in [1.54, 1.807) is 0 Å². The normalized spacial score (nSPS) is 13.5. The number of rotatable bonds is 6. The Labute approximate surface area is 202 Å². The maximum atomic E-state index is 13.5. The summed E-state index contributed by atoms with van der Waals surface area (Å²) in [6.07, 6.45) is 2.69. The third-order valence-corrected chi connectivity index (χ3v) is 8.35. The monoisotopic (exact) mass is 523 g/mol. The molecule has 4 rings (SSSR count). The van der Waals surface area contributed by atoms with Gasteiger partial charge in [0.1, 0.15) is 11.3 Å². The number of benzene rings is 2. The molecule has 35 heavy (non-hydrogen) atoms. The third-order valence-electron chi connectivity index (χ3n) is 5.15. The van der Waals surface area contributed by atoms with Gasteiger partial charge in [-0.05, 0) is 29.8 Å². The van der Waals surface area contributed by atoms with Gasteiger partial charge in [-0.2, -0.15) is 3.71 Å². The highest BCUT2D eigenvalue weighted by molar-refractivity contribution is 8.09. The van der Waals surface area contributed by atoms with Crippen LogP contribution in [0.3, 0.4) is 0 Å². The van der Waals surface area contributed by atoms with Gasteiger partial charge in [0, 0.05) is 11.6 Å². The van der Waals surface area contributed by atoms with Crippen LogP contribution in [0.25, 0.3) is 10.9 Å². The lowest BCUT2D eigenvalue weighted by Gasteiger charge is -2.24. The molecule has 186 valence electrons. The van der Waals surface area contributed by atoms with Crippen LogP contribution < -0.4 is 8.45 Å². The summed E-state index contributed by atoms with van der Waals surface area (Å²) >= 11 is 0. The van der Waals surface area contributed by atoms with Crippen molar-refractivity contribution in [2.24, 2.45) is 0 Å². The minimum atomic E-state index is -4.48. The fourth-order valence-corrected chi connectivity index (χ4v) is 6.93.